The van der Waals surface area contributed by atoms with Crippen LogP contribution in [0.4, 0.5) is 5.13 Å². The van der Waals surface area contributed by atoms with Crippen LogP contribution in [-0.2, 0) is 0 Å². The van der Waals surface area contributed by atoms with Gasteiger partial charge in [0.25, 0.3) is 0 Å². The highest BCUT2D eigenvalue weighted by atomic mass is 32.1. The fraction of sp³-hybridized carbons (Fsp3) is 0.636. The van der Waals surface area contributed by atoms with Crippen LogP contribution in [0.15, 0.2) is 0 Å². The number of carboxylic acid groups (broad SMARTS) is 1. The van der Waals surface area contributed by atoms with Crippen molar-refractivity contribution in [1.29, 1.82) is 0 Å². The molecule has 0 amide bonds. The summed E-state index contributed by atoms with van der Waals surface area (Å²) in [6.07, 6.45) is 2.49. The summed E-state index contributed by atoms with van der Waals surface area (Å²) in [6.45, 7) is 6.01. The second-order valence-electron chi connectivity index (χ2n) is 4.86. The first kappa shape index (κ1) is 11.4. The molecular weight excluding hydrogens is 224 g/mol. The van der Waals surface area contributed by atoms with Crippen LogP contribution in [0.25, 0.3) is 0 Å². The molecule has 4 nitrogen and oxygen atoms in total. The lowest BCUT2D eigenvalue weighted by atomic mass is 9.99. The maximum atomic E-state index is 10.9. The van der Waals surface area contributed by atoms with Gasteiger partial charge in [-0.1, -0.05) is 11.3 Å². The molecule has 0 unspecified atom stereocenters. The Hall–Kier alpha value is -1.10. The highest BCUT2D eigenvalue weighted by Crippen LogP contribution is 2.41. The van der Waals surface area contributed by atoms with Gasteiger partial charge in [0, 0.05) is 5.54 Å². The molecule has 1 aliphatic rings. The third kappa shape index (κ3) is 2.19. The molecule has 1 fully saturated rings. The van der Waals surface area contributed by atoms with Gasteiger partial charge >= 0.3 is 5.97 Å². The summed E-state index contributed by atoms with van der Waals surface area (Å²) < 4.78 is 0. The molecule has 0 bridgehead atoms. The van der Waals surface area contributed by atoms with E-state index in [-0.39, 0.29) is 5.54 Å². The number of aromatic nitrogens is 1. The van der Waals surface area contributed by atoms with Gasteiger partial charge in [0.05, 0.1) is 5.69 Å². The fourth-order valence-electron chi connectivity index (χ4n) is 1.83. The zero-order valence-electron chi connectivity index (χ0n) is 9.70. The maximum absolute atomic E-state index is 10.9. The van der Waals surface area contributed by atoms with Gasteiger partial charge in [0.2, 0.25) is 0 Å². The predicted molar refractivity (Wildman–Crippen MR) is 64.2 cm³/mol. The topological polar surface area (TPSA) is 62.2 Å². The van der Waals surface area contributed by atoms with E-state index < -0.39 is 5.97 Å². The lowest BCUT2D eigenvalue weighted by Crippen LogP contribution is -2.33. The first-order valence-electron chi connectivity index (χ1n) is 5.39. The molecule has 0 atom stereocenters. The van der Waals surface area contributed by atoms with Crippen molar-refractivity contribution in [3.8, 4) is 0 Å². The van der Waals surface area contributed by atoms with E-state index in [1.807, 2.05) is 0 Å². The summed E-state index contributed by atoms with van der Waals surface area (Å²) in [5.74, 6) is -0.211. The second kappa shape index (κ2) is 3.73. The van der Waals surface area contributed by atoms with Crippen LogP contribution in [0.2, 0.25) is 0 Å². The van der Waals surface area contributed by atoms with Gasteiger partial charge in [0.1, 0.15) is 4.88 Å². The standard InChI is InChI=1S/C11H16N2O2S/c1-6-8(9(14)15)16-10(12-6)13-11(2,3)7-4-5-7/h7H,4-5H2,1-3H3,(H,12,13)(H,14,15). The number of thiazole rings is 1. The first-order valence-corrected chi connectivity index (χ1v) is 6.20. The van der Waals surface area contributed by atoms with Crippen molar-refractivity contribution in [2.24, 2.45) is 5.92 Å². The summed E-state index contributed by atoms with van der Waals surface area (Å²) in [5, 5.41) is 13.0. The third-order valence-corrected chi connectivity index (χ3v) is 4.08. The summed E-state index contributed by atoms with van der Waals surface area (Å²) in [7, 11) is 0. The minimum atomic E-state index is -0.896. The van der Waals surface area contributed by atoms with Crippen molar-refractivity contribution in [2.75, 3.05) is 5.32 Å². The van der Waals surface area contributed by atoms with E-state index in [0.717, 1.165) is 0 Å². The lowest BCUT2D eigenvalue weighted by molar-refractivity contribution is 0.0701. The van der Waals surface area contributed by atoms with Gasteiger partial charge in [-0.05, 0) is 39.5 Å². The molecule has 16 heavy (non-hydrogen) atoms. The lowest BCUT2D eigenvalue weighted by Gasteiger charge is -2.25. The average molecular weight is 240 g/mol. The molecule has 0 aromatic carbocycles. The van der Waals surface area contributed by atoms with Crippen molar-refractivity contribution in [2.45, 2.75) is 39.2 Å². The molecule has 1 heterocycles. The SMILES string of the molecule is Cc1nc(NC(C)(C)C2CC2)sc1C(=O)O. The second-order valence-corrected chi connectivity index (χ2v) is 5.86. The number of nitrogens with zero attached hydrogens (tertiary/aromatic N) is 1. The maximum Gasteiger partial charge on any atom is 0.347 e. The van der Waals surface area contributed by atoms with Gasteiger partial charge in [-0.2, -0.15) is 0 Å². The summed E-state index contributed by atoms with van der Waals surface area (Å²) in [5.41, 5.74) is 0.603. The van der Waals surface area contributed by atoms with E-state index in [1.54, 1.807) is 6.92 Å². The summed E-state index contributed by atoms with van der Waals surface area (Å²) in [6, 6.07) is 0. The van der Waals surface area contributed by atoms with Crippen molar-refractivity contribution >= 4 is 22.4 Å². The van der Waals surface area contributed by atoms with E-state index in [2.05, 4.69) is 24.1 Å². The summed E-state index contributed by atoms with van der Waals surface area (Å²) >= 11 is 1.22. The van der Waals surface area contributed by atoms with Crippen LogP contribution in [0, 0.1) is 12.8 Å². The molecule has 88 valence electrons. The number of hydrogen-bond donors (Lipinski definition) is 2. The van der Waals surface area contributed by atoms with Gasteiger partial charge in [-0.15, -0.1) is 0 Å². The highest BCUT2D eigenvalue weighted by molar-refractivity contribution is 7.17. The van der Waals surface area contributed by atoms with Gasteiger partial charge in [-0.25, -0.2) is 9.78 Å². The van der Waals surface area contributed by atoms with Crippen LogP contribution in [-0.4, -0.2) is 21.6 Å². The van der Waals surface area contributed by atoms with Crippen LogP contribution in [0.5, 0.6) is 0 Å². The monoisotopic (exact) mass is 240 g/mol. The number of aryl methyl sites for hydroxylation is 1. The van der Waals surface area contributed by atoms with Gasteiger partial charge in [0.15, 0.2) is 5.13 Å². The Labute approximate surface area is 98.7 Å². The number of rotatable bonds is 4. The number of hydrogen-bond acceptors (Lipinski definition) is 4. The molecule has 0 spiro atoms. The van der Waals surface area contributed by atoms with E-state index in [0.29, 0.717) is 21.6 Å². The molecule has 0 radical (unpaired) electrons. The molecule has 1 aliphatic carbocycles. The Morgan fingerprint density at radius 3 is 2.62 bits per heavy atom. The Balaban J connectivity index is 2.15. The molecule has 0 saturated heterocycles. The van der Waals surface area contributed by atoms with Crippen molar-refractivity contribution in [3.05, 3.63) is 10.6 Å². The molecule has 1 aromatic rings. The van der Waals surface area contributed by atoms with E-state index in [1.165, 1.54) is 24.2 Å². The number of carboxylic acids is 1. The van der Waals surface area contributed by atoms with E-state index >= 15 is 0 Å². The van der Waals surface area contributed by atoms with Crippen LogP contribution in [0.1, 0.15) is 42.1 Å². The van der Waals surface area contributed by atoms with Gasteiger partial charge < -0.3 is 10.4 Å². The average Bonchev–Trinajstić information content (AvgIpc) is 2.91. The minimum absolute atomic E-state index is 0.0140. The number of anilines is 1. The van der Waals surface area contributed by atoms with Crippen LogP contribution < -0.4 is 5.32 Å². The fourth-order valence-corrected chi connectivity index (χ4v) is 2.80. The smallest absolute Gasteiger partial charge is 0.347 e. The minimum Gasteiger partial charge on any atom is -0.477 e. The van der Waals surface area contributed by atoms with Crippen LogP contribution in [0.3, 0.4) is 0 Å². The third-order valence-electron chi connectivity index (χ3n) is 3.02. The Morgan fingerprint density at radius 1 is 1.56 bits per heavy atom. The van der Waals surface area contributed by atoms with Crippen molar-refractivity contribution < 1.29 is 9.90 Å². The molecule has 2 rings (SSSR count). The predicted octanol–water partition coefficient (Wildman–Crippen LogP) is 2.75. The Morgan fingerprint density at radius 2 is 2.19 bits per heavy atom. The van der Waals surface area contributed by atoms with E-state index in [4.69, 9.17) is 5.11 Å². The number of nitrogens with one attached hydrogen (secondary N) is 1. The first-order chi connectivity index (χ1) is 7.40. The van der Waals surface area contributed by atoms with Crippen LogP contribution >= 0.6 is 11.3 Å². The molecule has 1 aromatic heterocycles. The Bertz CT molecular complexity index is 422. The van der Waals surface area contributed by atoms with E-state index in [9.17, 15) is 4.79 Å². The molecule has 1 saturated carbocycles. The largest absolute Gasteiger partial charge is 0.477 e. The normalized spacial score (nSPS) is 16.2. The molecule has 2 N–H and O–H groups in total. The number of carbonyl (C=O) groups is 1. The molecule has 0 aliphatic heterocycles. The highest BCUT2D eigenvalue weighted by Gasteiger charge is 2.38. The van der Waals surface area contributed by atoms with Crippen molar-refractivity contribution in [1.82, 2.24) is 4.98 Å². The molecule has 5 heteroatoms. The molecular formula is C11H16N2O2S. The van der Waals surface area contributed by atoms with Crippen molar-refractivity contribution in [3.63, 3.8) is 0 Å². The Kier molecular flexibility index (Phi) is 2.66. The zero-order valence-corrected chi connectivity index (χ0v) is 10.5. The number of aromatic carboxylic acids is 1. The van der Waals surface area contributed by atoms with Gasteiger partial charge in [-0.3, -0.25) is 0 Å². The quantitative estimate of drug-likeness (QED) is 0.849. The summed E-state index contributed by atoms with van der Waals surface area (Å²) in [4.78, 5) is 15.5. The zero-order chi connectivity index (χ0) is 11.9.